The standard InChI is InChI=1S/C59H35N3O2/c1-2-11-39(12-3-1)51-34-52(40-18-16-36(17-19-40)43-13-8-28-60-35-43)62-59(61-51)46-30-44(41-22-24-53-49(32-41)57-47-14-6-4-9-37(47)20-26-55(57)63-53)29-45(31-46)42-23-25-54-50(33-42)58-48-15-7-5-10-38(48)21-27-56(58)64-54/h1-35H. The molecule has 5 nitrogen and oxygen atoms in total. The summed E-state index contributed by atoms with van der Waals surface area (Å²) in [5, 5.41) is 9.10. The van der Waals surface area contributed by atoms with Gasteiger partial charge in [-0.1, -0.05) is 133 Å². The first-order valence-corrected chi connectivity index (χ1v) is 21.5. The zero-order valence-electron chi connectivity index (χ0n) is 34.4. The quantitative estimate of drug-likeness (QED) is 0.167. The number of nitrogens with zero attached hydrogens (tertiary/aromatic N) is 3. The number of hydrogen-bond acceptors (Lipinski definition) is 5. The highest BCUT2D eigenvalue weighted by Crippen LogP contribution is 2.41. The molecule has 9 aromatic carbocycles. The van der Waals surface area contributed by atoms with Crippen molar-refractivity contribution in [1.82, 2.24) is 15.0 Å². The third-order valence-electron chi connectivity index (χ3n) is 12.5. The van der Waals surface area contributed by atoms with Crippen LogP contribution < -0.4 is 0 Å². The number of rotatable bonds is 6. The van der Waals surface area contributed by atoms with E-state index in [1.165, 1.54) is 21.5 Å². The van der Waals surface area contributed by atoms with Crippen LogP contribution in [0.5, 0.6) is 0 Å². The minimum absolute atomic E-state index is 0.637. The molecule has 0 bridgehead atoms. The number of pyridine rings is 1. The molecule has 0 saturated heterocycles. The van der Waals surface area contributed by atoms with Gasteiger partial charge in [0.2, 0.25) is 0 Å². The van der Waals surface area contributed by atoms with Crippen LogP contribution in [0, 0.1) is 0 Å². The van der Waals surface area contributed by atoms with Gasteiger partial charge in [0.25, 0.3) is 0 Å². The van der Waals surface area contributed by atoms with Crippen molar-refractivity contribution >= 4 is 65.4 Å². The van der Waals surface area contributed by atoms with Crippen molar-refractivity contribution < 1.29 is 8.83 Å². The molecule has 0 aliphatic carbocycles. The van der Waals surface area contributed by atoms with E-state index in [0.29, 0.717) is 5.82 Å². The van der Waals surface area contributed by atoms with Gasteiger partial charge in [0.15, 0.2) is 5.82 Å². The average Bonchev–Trinajstić information content (AvgIpc) is 3.95. The maximum atomic E-state index is 6.45. The molecule has 5 heteroatoms. The number of aromatic nitrogens is 3. The van der Waals surface area contributed by atoms with Gasteiger partial charge in [0.1, 0.15) is 22.3 Å². The van der Waals surface area contributed by atoms with Gasteiger partial charge >= 0.3 is 0 Å². The van der Waals surface area contributed by atoms with E-state index in [9.17, 15) is 0 Å². The Labute approximate surface area is 367 Å². The topological polar surface area (TPSA) is 65.0 Å². The fraction of sp³-hybridized carbons (Fsp3) is 0. The third-order valence-corrected chi connectivity index (χ3v) is 12.5. The smallest absolute Gasteiger partial charge is 0.160 e. The van der Waals surface area contributed by atoms with Crippen molar-refractivity contribution in [3.63, 3.8) is 0 Å². The molecule has 0 unspecified atom stereocenters. The summed E-state index contributed by atoms with van der Waals surface area (Å²) in [7, 11) is 0. The van der Waals surface area contributed by atoms with Crippen LogP contribution >= 0.6 is 0 Å². The minimum Gasteiger partial charge on any atom is -0.456 e. The van der Waals surface area contributed by atoms with Crippen LogP contribution in [-0.4, -0.2) is 15.0 Å². The molecule has 13 aromatic rings. The Morgan fingerprint density at radius 3 is 1.36 bits per heavy atom. The summed E-state index contributed by atoms with van der Waals surface area (Å²) >= 11 is 0. The van der Waals surface area contributed by atoms with Gasteiger partial charge in [-0.05, 0) is 122 Å². The first-order valence-electron chi connectivity index (χ1n) is 21.5. The summed E-state index contributed by atoms with van der Waals surface area (Å²) in [5.74, 6) is 0.637. The first kappa shape index (κ1) is 36.0. The van der Waals surface area contributed by atoms with Crippen molar-refractivity contribution in [2.75, 3.05) is 0 Å². The molecule has 64 heavy (non-hydrogen) atoms. The van der Waals surface area contributed by atoms with Gasteiger partial charge in [-0.3, -0.25) is 4.98 Å². The number of fused-ring (bicyclic) bond motifs is 10. The molecule has 0 amide bonds. The zero-order chi connectivity index (χ0) is 42.1. The van der Waals surface area contributed by atoms with Crippen molar-refractivity contribution in [2.45, 2.75) is 0 Å². The van der Waals surface area contributed by atoms with E-state index in [-0.39, 0.29) is 0 Å². The highest BCUT2D eigenvalue weighted by molar-refractivity contribution is 6.20. The van der Waals surface area contributed by atoms with E-state index in [1.807, 2.05) is 18.3 Å². The Morgan fingerprint density at radius 1 is 0.297 bits per heavy atom. The van der Waals surface area contributed by atoms with E-state index in [2.05, 4.69) is 193 Å². The summed E-state index contributed by atoms with van der Waals surface area (Å²) < 4.78 is 12.9. The monoisotopic (exact) mass is 817 g/mol. The van der Waals surface area contributed by atoms with Gasteiger partial charge in [-0.25, -0.2) is 9.97 Å². The normalized spacial score (nSPS) is 11.8. The highest BCUT2D eigenvalue weighted by atomic mass is 16.3. The fourth-order valence-corrected chi connectivity index (χ4v) is 9.39. The number of hydrogen-bond donors (Lipinski definition) is 0. The van der Waals surface area contributed by atoms with Crippen molar-refractivity contribution in [1.29, 1.82) is 0 Å². The predicted octanol–water partition coefficient (Wildman–Crippen LogP) is 16.0. The Kier molecular flexibility index (Phi) is 8.15. The fourth-order valence-electron chi connectivity index (χ4n) is 9.39. The second-order valence-corrected chi connectivity index (χ2v) is 16.4. The molecule has 0 aliphatic heterocycles. The van der Waals surface area contributed by atoms with E-state index in [1.54, 1.807) is 6.20 Å². The number of furan rings is 2. The molecule has 298 valence electrons. The largest absolute Gasteiger partial charge is 0.456 e. The molecule has 4 aromatic heterocycles. The van der Waals surface area contributed by atoms with Crippen LogP contribution in [-0.2, 0) is 0 Å². The van der Waals surface area contributed by atoms with Crippen molar-refractivity contribution in [3.8, 4) is 67.3 Å². The molecule has 0 atom stereocenters. The van der Waals surface area contributed by atoms with Crippen molar-refractivity contribution in [3.05, 3.63) is 213 Å². The Morgan fingerprint density at radius 2 is 0.781 bits per heavy atom. The summed E-state index contributed by atoms with van der Waals surface area (Å²) in [4.78, 5) is 15.0. The lowest BCUT2D eigenvalue weighted by Crippen LogP contribution is -1.97. The van der Waals surface area contributed by atoms with Gasteiger partial charge in [-0.2, -0.15) is 0 Å². The van der Waals surface area contributed by atoms with Gasteiger partial charge in [0, 0.05) is 50.6 Å². The summed E-state index contributed by atoms with van der Waals surface area (Å²) in [6, 6.07) is 70.2. The predicted molar refractivity (Wildman–Crippen MR) is 262 cm³/mol. The van der Waals surface area contributed by atoms with E-state index >= 15 is 0 Å². The molecular formula is C59H35N3O2. The first-order chi connectivity index (χ1) is 31.7. The van der Waals surface area contributed by atoms with Crippen LogP contribution in [0.1, 0.15) is 0 Å². The number of benzene rings is 9. The van der Waals surface area contributed by atoms with Crippen LogP contribution in [0.15, 0.2) is 221 Å². The molecule has 13 rings (SSSR count). The zero-order valence-corrected chi connectivity index (χ0v) is 34.4. The molecule has 4 heterocycles. The summed E-state index contributed by atoms with van der Waals surface area (Å²) in [5.41, 5.74) is 14.5. The Bertz CT molecular complexity index is 3770. The lowest BCUT2D eigenvalue weighted by molar-refractivity contribution is 0.669. The van der Waals surface area contributed by atoms with Crippen LogP contribution in [0.4, 0.5) is 0 Å². The highest BCUT2D eigenvalue weighted by Gasteiger charge is 2.18. The lowest BCUT2D eigenvalue weighted by Gasteiger charge is -2.13. The van der Waals surface area contributed by atoms with E-state index < -0.39 is 0 Å². The second-order valence-electron chi connectivity index (χ2n) is 16.4. The average molecular weight is 818 g/mol. The molecule has 0 radical (unpaired) electrons. The molecule has 0 aliphatic rings. The SMILES string of the molecule is c1ccc(-c2cc(-c3ccc(-c4cccnc4)cc3)nc(-c3cc(-c4ccc5oc6ccc7ccccc7c6c5c4)cc(-c4ccc5oc6ccc7ccccc7c6c5c4)c3)n2)cc1. The Hall–Kier alpha value is -8.67. The maximum Gasteiger partial charge on any atom is 0.160 e. The van der Waals surface area contributed by atoms with E-state index in [4.69, 9.17) is 18.8 Å². The Balaban J connectivity index is 1.03. The van der Waals surface area contributed by atoms with E-state index in [0.717, 1.165) is 105 Å². The van der Waals surface area contributed by atoms with Crippen molar-refractivity contribution in [2.24, 2.45) is 0 Å². The summed E-state index contributed by atoms with van der Waals surface area (Å²) in [6.07, 6.45) is 3.69. The van der Waals surface area contributed by atoms with Gasteiger partial charge < -0.3 is 8.83 Å². The minimum atomic E-state index is 0.637. The second kappa shape index (κ2) is 14.5. The van der Waals surface area contributed by atoms with Crippen LogP contribution in [0.2, 0.25) is 0 Å². The molecule has 0 N–H and O–H groups in total. The summed E-state index contributed by atoms with van der Waals surface area (Å²) in [6.45, 7) is 0. The maximum absolute atomic E-state index is 6.45. The van der Waals surface area contributed by atoms with Gasteiger partial charge in [0.05, 0.1) is 11.4 Å². The van der Waals surface area contributed by atoms with Crippen LogP contribution in [0.3, 0.4) is 0 Å². The molecule has 0 fully saturated rings. The third kappa shape index (κ3) is 6.05. The van der Waals surface area contributed by atoms with Gasteiger partial charge in [-0.15, -0.1) is 0 Å². The molecule has 0 saturated carbocycles. The molecular weight excluding hydrogens is 783 g/mol. The molecule has 0 spiro atoms. The van der Waals surface area contributed by atoms with Crippen LogP contribution in [0.25, 0.3) is 133 Å². The lowest BCUT2D eigenvalue weighted by atomic mass is 9.93.